The fourth-order valence-corrected chi connectivity index (χ4v) is 4.44. The molecule has 4 nitrogen and oxygen atoms in total. The van der Waals surface area contributed by atoms with E-state index in [1.807, 2.05) is 25.1 Å². The monoisotopic (exact) mass is 424 g/mol. The second-order valence-corrected chi connectivity index (χ2v) is 8.79. The van der Waals surface area contributed by atoms with E-state index in [2.05, 4.69) is 10.5 Å². The molecule has 1 saturated carbocycles. The Morgan fingerprint density at radius 1 is 1.22 bits per heavy atom. The van der Waals surface area contributed by atoms with Crippen LogP contribution in [0.25, 0.3) is 0 Å². The SMILES string of the molecule is C/C(=N\NC(=O)COc1ccc(Cl)cc1C1CCCCC1)c1ccc(Cl)s1. The fraction of sp³-hybridized carbons (Fsp3) is 0.400. The highest BCUT2D eigenvalue weighted by atomic mass is 35.5. The molecule has 0 saturated heterocycles. The summed E-state index contributed by atoms with van der Waals surface area (Å²) in [6, 6.07) is 9.29. The van der Waals surface area contributed by atoms with Crippen molar-refractivity contribution in [3.63, 3.8) is 0 Å². The van der Waals surface area contributed by atoms with Crippen LogP contribution in [-0.4, -0.2) is 18.2 Å². The van der Waals surface area contributed by atoms with Crippen LogP contribution in [0.15, 0.2) is 35.4 Å². The lowest BCUT2D eigenvalue weighted by atomic mass is 9.84. The van der Waals surface area contributed by atoms with Crippen molar-refractivity contribution in [1.29, 1.82) is 0 Å². The number of amides is 1. The molecule has 1 amide bonds. The third-order valence-corrected chi connectivity index (χ3v) is 6.23. The summed E-state index contributed by atoms with van der Waals surface area (Å²) in [6.45, 7) is 1.73. The van der Waals surface area contributed by atoms with Gasteiger partial charge in [0.1, 0.15) is 5.75 Å². The van der Waals surface area contributed by atoms with E-state index in [9.17, 15) is 4.79 Å². The normalized spacial score (nSPS) is 15.6. The van der Waals surface area contributed by atoms with Crippen LogP contribution in [0.2, 0.25) is 9.36 Å². The topological polar surface area (TPSA) is 50.7 Å². The molecule has 0 bridgehead atoms. The largest absolute Gasteiger partial charge is 0.483 e. The summed E-state index contributed by atoms with van der Waals surface area (Å²) < 4.78 is 6.48. The molecule has 3 rings (SSSR count). The van der Waals surface area contributed by atoms with Crippen molar-refractivity contribution >= 4 is 46.2 Å². The maximum atomic E-state index is 12.1. The Kier molecular flexibility index (Phi) is 7.16. The first-order valence-corrected chi connectivity index (χ1v) is 10.6. The first kappa shape index (κ1) is 20.2. The number of hydrogen-bond acceptors (Lipinski definition) is 4. The lowest BCUT2D eigenvalue weighted by Gasteiger charge is -2.24. The average molecular weight is 425 g/mol. The third-order valence-electron chi connectivity index (χ3n) is 4.65. The minimum atomic E-state index is -0.304. The zero-order valence-electron chi connectivity index (χ0n) is 15.1. The number of hydrazone groups is 1. The number of ether oxygens (including phenoxy) is 1. The molecule has 7 heteroatoms. The first-order valence-electron chi connectivity index (χ1n) is 9.04. The summed E-state index contributed by atoms with van der Waals surface area (Å²) >= 11 is 13.5. The molecule has 0 atom stereocenters. The molecule has 1 aromatic heterocycles. The summed E-state index contributed by atoms with van der Waals surface area (Å²) in [6.07, 6.45) is 5.99. The molecule has 0 radical (unpaired) electrons. The summed E-state index contributed by atoms with van der Waals surface area (Å²) in [5, 5.41) is 4.81. The predicted molar refractivity (Wildman–Crippen MR) is 112 cm³/mol. The van der Waals surface area contributed by atoms with E-state index < -0.39 is 0 Å². The highest BCUT2D eigenvalue weighted by Gasteiger charge is 2.20. The zero-order chi connectivity index (χ0) is 19.2. The molecular formula is C20H22Cl2N2O2S. The van der Waals surface area contributed by atoms with E-state index in [0.717, 1.165) is 29.0 Å². The zero-order valence-corrected chi connectivity index (χ0v) is 17.5. The molecule has 1 N–H and O–H groups in total. The minimum Gasteiger partial charge on any atom is -0.483 e. The van der Waals surface area contributed by atoms with Gasteiger partial charge < -0.3 is 4.74 Å². The second kappa shape index (κ2) is 9.58. The Balaban J connectivity index is 1.60. The maximum Gasteiger partial charge on any atom is 0.277 e. The number of carbonyl (C=O) groups excluding carboxylic acids is 1. The number of benzene rings is 1. The summed E-state index contributed by atoms with van der Waals surface area (Å²) in [5.41, 5.74) is 4.34. The molecular weight excluding hydrogens is 403 g/mol. The van der Waals surface area contributed by atoms with E-state index in [4.69, 9.17) is 27.9 Å². The van der Waals surface area contributed by atoms with E-state index in [-0.39, 0.29) is 12.5 Å². The van der Waals surface area contributed by atoms with Crippen LogP contribution < -0.4 is 10.2 Å². The van der Waals surface area contributed by atoms with E-state index in [1.165, 1.54) is 30.6 Å². The molecule has 1 aliphatic rings. The summed E-state index contributed by atoms with van der Waals surface area (Å²) in [5.74, 6) is 0.869. The van der Waals surface area contributed by atoms with Gasteiger partial charge in [0.25, 0.3) is 5.91 Å². The number of thiophene rings is 1. The van der Waals surface area contributed by atoms with E-state index in [1.54, 1.807) is 12.1 Å². The van der Waals surface area contributed by atoms with Crippen molar-refractivity contribution in [2.75, 3.05) is 6.61 Å². The van der Waals surface area contributed by atoms with Gasteiger partial charge in [-0.3, -0.25) is 4.79 Å². The molecule has 144 valence electrons. The lowest BCUT2D eigenvalue weighted by Crippen LogP contribution is -2.26. The number of nitrogens with zero attached hydrogens (tertiary/aromatic N) is 1. The second-order valence-electron chi connectivity index (χ2n) is 6.64. The Labute approximate surface area is 173 Å². The van der Waals surface area contributed by atoms with Gasteiger partial charge >= 0.3 is 0 Å². The summed E-state index contributed by atoms with van der Waals surface area (Å²) in [7, 11) is 0. The quantitative estimate of drug-likeness (QED) is 0.454. The highest BCUT2D eigenvalue weighted by Crippen LogP contribution is 2.38. The Bertz CT molecular complexity index is 829. The van der Waals surface area contributed by atoms with Gasteiger partial charge in [0.15, 0.2) is 6.61 Å². The number of nitrogens with one attached hydrogen (secondary N) is 1. The Morgan fingerprint density at radius 2 is 2.00 bits per heavy atom. The number of halogens is 2. The molecule has 1 fully saturated rings. The maximum absolute atomic E-state index is 12.1. The van der Waals surface area contributed by atoms with Gasteiger partial charge in [-0.15, -0.1) is 11.3 Å². The fourth-order valence-electron chi connectivity index (χ4n) is 3.27. The van der Waals surface area contributed by atoms with Crippen molar-refractivity contribution in [2.24, 2.45) is 5.10 Å². The van der Waals surface area contributed by atoms with Gasteiger partial charge in [0, 0.05) is 5.02 Å². The number of rotatable bonds is 6. The highest BCUT2D eigenvalue weighted by molar-refractivity contribution is 7.18. The van der Waals surface area contributed by atoms with Crippen molar-refractivity contribution in [1.82, 2.24) is 5.43 Å². The third kappa shape index (κ3) is 5.71. The van der Waals surface area contributed by atoms with E-state index in [0.29, 0.717) is 21.0 Å². The lowest BCUT2D eigenvalue weighted by molar-refractivity contribution is -0.123. The van der Waals surface area contributed by atoms with Crippen LogP contribution in [0.4, 0.5) is 0 Å². The molecule has 0 spiro atoms. The minimum absolute atomic E-state index is 0.0939. The molecule has 1 aliphatic carbocycles. The van der Waals surface area contributed by atoms with Crippen molar-refractivity contribution in [3.8, 4) is 5.75 Å². The van der Waals surface area contributed by atoms with Crippen molar-refractivity contribution in [2.45, 2.75) is 44.9 Å². The molecule has 1 heterocycles. The summed E-state index contributed by atoms with van der Waals surface area (Å²) in [4.78, 5) is 13.0. The van der Waals surface area contributed by atoms with E-state index >= 15 is 0 Å². The van der Waals surface area contributed by atoms with Gasteiger partial charge in [-0.1, -0.05) is 42.5 Å². The molecule has 1 aromatic carbocycles. The van der Waals surface area contributed by atoms with Crippen LogP contribution >= 0.6 is 34.5 Å². The van der Waals surface area contributed by atoms with Crippen molar-refractivity contribution < 1.29 is 9.53 Å². The van der Waals surface area contributed by atoms with Crippen molar-refractivity contribution in [3.05, 3.63) is 50.1 Å². The Hall–Kier alpha value is -1.56. The molecule has 0 unspecified atom stereocenters. The molecule has 27 heavy (non-hydrogen) atoms. The van der Waals surface area contributed by atoms with Crippen LogP contribution in [0.1, 0.15) is 55.4 Å². The van der Waals surface area contributed by atoms with Gasteiger partial charge in [0.05, 0.1) is 14.9 Å². The van der Waals surface area contributed by atoms with Crippen LogP contribution in [0, 0.1) is 0 Å². The standard InChI is InChI=1S/C20H22Cl2N2O2S/c1-13(18-9-10-19(22)27-18)23-24-20(25)12-26-17-8-7-15(21)11-16(17)14-5-3-2-4-6-14/h7-11,14H,2-6,12H2,1H3,(H,24,25)/b23-13+. The van der Waals surface area contributed by atoms with Crippen LogP contribution in [0.5, 0.6) is 5.75 Å². The average Bonchev–Trinajstić information content (AvgIpc) is 3.12. The van der Waals surface area contributed by atoms with Crippen LogP contribution in [-0.2, 0) is 4.79 Å². The molecule has 2 aromatic rings. The first-order chi connectivity index (χ1) is 13.0. The van der Waals surface area contributed by atoms with Gasteiger partial charge in [-0.05, 0) is 61.6 Å². The van der Waals surface area contributed by atoms with Gasteiger partial charge in [-0.25, -0.2) is 5.43 Å². The van der Waals surface area contributed by atoms with Gasteiger partial charge in [-0.2, -0.15) is 5.10 Å². The predicted octanol–water partition coefficient (Wildman–Crippen LogP) is 6.02. The molecule has 0 aliphatic heterocycles. The van der Waals surface area contributed by atoms with Crippen LogP contribution in [0.3, 0.4) is 0 Å². The Morgan fingerprint density at radius 3 is 2.70 bits per heavy atom. The number of carbonyl (C=O) groups is 1. The smallest absolute Gasteiger partial charge is 0.277 e. The number of hydrogen-bond donors (Lipinski definition) is 1. The van der Waals surface area contributed by atoms with Gasteiger partial charge in [0.2, 0.25) is 0 Å².